The zero-order valence-corrected chi connectivity index (χ0v) is 15.2. The molecule has 0 radical (unpaired) electrons. The second kappa shape index (κ2) is 6.61. The van der Waals surface area contributed by atoms with E-state index in [-0.39, 0.29) is 5.69 Å². The lowest BCUT2D eigenvalue weighted by Crippen LogP contribution is -2.18. The lowest BCUT2D eigenvalue weighted by molar-refractivity contribution is 0.0692. The van der Waals surface area contributed by atoms with Gasteiger partial charge in [-0.25, -0.2) is 9.48 Å². The summed E-state index contributed by atoms with van der Waals surface area (Å²) in [6.07, 6.45) is 2.48. The van der Waals surface area contributed by atoms with E-state index in [9.17, 15) is 9.90 Å². The third kappa shape index (κ3) is 3.19. The summed E-state index contributed by atoms with van der Waals surface area (Å²) in [6, 6.07) is 13.7. The van der Waals surface area contributed by atoms with Crippen LogP contribution in [0.25, 0.3) is 16.6 Å². The van der Waals surface area contributed by atoms with Gasteiger partial charge in [-0.15, -0.1) is 0 Å². The first-order valence-corrected chi connectivity index (χ1v) is 9.14. The van der Waals surface area contributed by atoms with Gasteiger partial charge in [0.2, 0.25) is 0 Å². The minimum atomic E-state index is -1.00. The normalized spacial score (nSPS) is 15.1. The smallest absolute Gasteiger partial charge is 0.357 e. The number of carboxylic acid groups (broad SMARTS) is 1. The van der Waals surface area contributed by atoms with E-state index in [0.717, 1.165) is 40.9 Å². The molecule has 0 atom stereocenters. The molecular formula is C19H18BrN3O2. The van der Waals surface area contributed by atoms with Gasteiger partial charge in [0.05, 0.1) is 11.2 Å². The predicted molar refractivity (Wildman–Crippen MR) is 100 cm³/mol. The highest BCUT2D eigenvalue weighted by Gasteiger charge is 2.19. The van der Waals surface area contributed by atoms with Gasteiger partial charge in [0, 0.05) is 16.4 Å². The van der Waals surface area contributed by atoms with Gasteiger partial charge in [0.25, 0.3) is 0 Å². The molecule has 0 bridgehead atoms. The van der Waals surface area contributed by atoms with Crippen molar-refractivity contribution in [2.24, 2.45) is 0 Å². The molecule has 0 aliphatic carbocycles. The molecule has 0 saturated carbocycles. The van der Waals surface area contributed by atoms with Crippen LogP contribution in [-0.2, 0) is 6.54 Å². The van der Waals surface area contributed by atoms with E-state index in [0.29, 0.717) is 5.39 Å². The number of carbonyl (C=O) groups is 1. The molecule has 0 spiro atoms. The molecule has 3 aromatic rings. The van der Waals surface area contributed by atoms with E-state index in [4.69, 9.17) is 0 Å². The number of halogens is 1. The van der Waals surface area contributed by atoms with Gasteiger partial charge in [-0.05, 0) is 61.8 Å². The lowest BCUT2D eigenvalue weighted by atomic mass is 10.1. The number of nitrogens with zero attached hydrogens (tertiary/aromatic N) is 3. The molecule has 1 fully saturated rings. The number of hydrogen-bond acceptors (Lipinski definition) is 3. The number of fused-ring (bicyclic) bond motifs is 1. The van der Waals surface area contributed by atoms with Crippen LogP contribution in [0.3, 0.4) is 0 Å². The van der Waals surface area contributed by atoms with Crippen molar-refractivity contribution in [3.8, 4) is 5.69 Å². The van der Waals surface area contributed by atoms with Crippen molar-refractivity contribution in [1.29, 1.82) is 0 Å². The Morgan fingerprint density at radius 2 is 1.96 bits per heavy atom. The summed E-state index contributed by atoms with van der Waals surface area (Å²) in [7, 11) is 0. The number of likely N-dealkylation sites (tertiary alicyclic amines) is 1. The van der Waals surface area contributed by atoms with Crippen molar-refractivity contribution < 1.29 is 9.90 Å². The van der Waals surface area contributed by atoms with E-state index < -0.39 is 5.97 Å². The molecule has 2 aromatic carbocycles. The first-order valence-electron chi connectivity index (χ1n) is 8.35. The zero-order valence-electron chi connectivity index (χ0n) is 13.7. The summed E-state index contributed by atoms with van der Waals surface area (Å²) >= 11 is 3.46. The van der Waals surface area contributed by atoms with Gasteiger partial charge in [-0.3, -0.25) is 4.90 Å². The average Bonchev–Trinajstić information content (AvgIpc) is 3.22. The minimum absolute atomic E-state index is 0.0956. The molecule has 6 heteroatoms. The maximum atomic E-state index is 11.7. The maximum Gasteiger partial charge on any atom is 0.357 e. The van der Waals surface area contributed by atoms with Crippen LogP contribution in [0.5, 0.6) is 0 Å². The topological polar surface area (TPSA) is 58.4 Å². The van der Waals surface area contributed by atoms with Crippen LogP contribution in [0, 0.1) is 0 Å². The molecule has 1 aromatic heterocycles. The molecule has 25 heavy (non-hydrogen) atoms. The summed E-state index contributed by atoms with van der Waals surface area (Å²) < 4.78 is 2.62. The molecule has 1 saturated heterocycles. The summed E-state index contributed by atoms with van der Waals surface area (Å²) in [5.74, 6) is -1.00. The molecule has 4 rings (SSSR count). The third-order valence-corrected chi connectivity index (χ3v) is 5.10. The monoisotopic (exact) mass is 399 g/mol. The molecule has 1 aliphatic heterocycles. The summed E-state index contributed by atoms with van der Waals surface area (Å²) in [6.45, 7) is 3.08. The average molecular weight is 400 g/mol. The third-order valence-electron chi connectivity index (χ3n) is 4.60. The Balaban J connectivity index is 1.81. The summed E-state index contributed by atoms with van der Waals surface area (Å²) in [5.41, 5.74) is 2.86. The predicted octanol–water partition coefficient (Wildman–Crippen LogP) is 4.08. The van der Waals surface area contributed by atoms with Gasteiger partial charge in [0.1, 0.15) is 0 Å². The van der Waals surface area contributed by atoms with E-state index >= 15 is 0 Å². The molecule has 128 valence electrons. The van der Waals surface area contributed by atoms with Crippen LogP contribution in [0.15, 0.2) is 46.9 Å². The van der Waals surface area contributed by atoms with E-state index in [1.807, 2.05) is 36.4 Å². The van der Waals surface area contributed by atoms with Crippen molar-refractivity contribution >= 4 is 32.8 Å². The summed E-state index contributed by atoms with van der Waals surface area (Å²) in [4.78, 5) is 14.1. The highest BCUT2D eigenvalue weighted by Crippen LogP contribution is 2.26. The Bertz CT molecular complexity index is 945. The van der Waals surface area contributed by atoms with E-state index in [2.05, 4.69) is 32.0 Å². The second-order valence-corrected chi connectivity index (χ2v) is 7.30. The first-order chi connectivity index (χ1) is 12.1. The fraction of sp³-hybridized carbons (Fsp3) is 0.263. The van der Waals surface area contributed by atoms with E-state index in [1.165, 1.54) is 12.8 Å². The first kappa shape index (κ1) is 16.3. The number of aromatic nitrogens is 2. The number of carboxylic acids is 1. The molecule has 1 N–H and O–H groups in total. The minimum Gasteiger partial charge on any atom is -0.476 e. The second-order valence-electron chi connectivity index (χ2n) is 6.38. The zero-order chi connectivity index (χ0) is 17.4. The fourth-order valence-corrected chi connectivity index (χ4v) is 3.81. The van der Waals surface area contributed by atoms with Crippen molar-refractivity contribution in [1.82, 2.24) is 14.7 Å². The molecular weight excluding hydrogens is 382 g/mol. The van der Waals surface area contributed by atoms with Gasteiger partial charge >= 0.3 is 5.97 Å². The lowest BCUT2D eigenvalue weighted by Gasteiger charge is -2.14. The quantitative estimate of drug-likeness (QED) is 0.717. The van der Waals surface area contributed by atoms with Gasteiger partial charge in [-0.2, -0.15) is 5.10 Å². The Morgan fingerprint density at radius 3 is 2.68 bits per heavy atom. The van der Waals surface area contributed by atoms with E-state index in [1.54, 1.807) is 4.68 Å². The summed E-state index contributed by atoms with van der Waals surface area (Å²) in [5, 5.41) is 14.6. The maximum absolute atomic E-state index is 11.7. The van der Waals surface area contributed by atoms with Crippen molar-refractivity contribution in [2.75, 3.05) is 13.1 Å². The molecule has 0 unspecified atom stereocenters. The molecule has 5 nitrogen and oxygen atoms in total. The Kier molecular flexibility index (Phi) is 4.31. The molecule has 0 amide bonds. The van der Waals surface area contributed by atoms with Gasteiger partial charge in [0.15, 0.2) is 5.69 Å². The van der Waals surface area contributed by atoms with Crippen molar-refractivity contribution in [3.05, 3.63) is 58.2 Å². The van der Waals surface area contributed by atoms with Crippen LogP contribution in [0.1, 0.15) is 28.9 Å². The Labute approximate surface area is 154 Å². The fourth-order valence-electron chi connectivity index (χ4n) is 3.43. The van der Waals surface area contributed by atoms with Crippen LogP contribution < -0.4 is 0 Å². The van der Waals surface area contributed by atoms with Crippen LogP contribution in [-0.4, -0.2) is 38.8 Å². The number of rotatable bonds is 4. The Morgan fingerprint density at radius 1 is 1.16 bits per heavy atom. The number of benzene rings is 2. The molecule has 1 aliphatic rings. The molecule has 2 heterocycles. The highest BCUT2D eigenvalue weighted by molar-refractivity contribution is 9.10. The largest absolute Gasteiger partial charge is 0.476 e. The van der Waals surface area contributed by atoms with Gasteiger partial charge < -0.3 is 5.11 Å². The number of hydrogen-bond donors (Lipinski definition) is 1. The highest BCUT2D eigenvalue weighted by atomic mass is 79.9. The standard InChI is InChI=1S/C19H18BrN3O2/c20-14-4-3-5-15(11-14)23-17-7-6-13(12-22-8-1-2-9-22)10-16(17)18(21-23)19(24)25/h3-7,10-11H,1-2,8-9,12H2,(H,24,25). The van der Waals surface area contributed by atoms with Crippen molar-refractivity contribution in [2.45, 2.75) is 19.4 Å². The van der Waals surface area contributed by atoms with Crippen LogP contribution in [0.4, 0.5) is 0 Å². The number of aromatic carboxylic acids is 1. The van der Waals surface area contributed by atoms with Gasteiger partial charge in [-0.1, -0.05) is 28.1 Å². The van der Waals surface area contributed by atoms with Crippen molar-refractivity contribution in [3.63, 3.8) is 0 Å². The SMILES string of the molecule is O=C(O)c1nn(-c2cccc(Br)c2)c2ccc(CN3CCCC3)cc12. The Hall–Kier alpha value is -2.18. The van der Waals surface area contributed by atoms with Crippen LogP contribution in [0.2, 0.25) is 0 Å². The van der Waals surface area contributed by atoms with Crippen LogP contribution >= 0.6 is 15.9 Å².